The number of nitrogens with one attached hydrogen (secondary N) is 1. The lowest BCUT2D eigenvalue weighted by molar-refractivity contribution is -0.148. The molecule has 12 heteroatoms. The maximum absolute atomic E-state index is 12.3. The van der Waals surface area contributed by atoms with E-state index in [4.69, 9.17) is 19.8 Å². The Labute approximate surface area is 195 Å². The summed E-state index contributed by atoms with van der Waals surface area (Å²) >= 11 is 0. The number of nitrogen functional groups attached to an aromatic ring is 1. The summed E-state index contributed by atoms with van der Waals surface area (Å²) in [7, 11) is -1.35. The molecule has 0 aromatic carbocycles. The lowest BCUT2D eigenvalue weighted by Crippen LogP contribution is -2.34. The molecule has 1 fully saturated rings. The number of imidazole rings is 1. The number of aromatic nitrogens is 4. The van der Waals surface area contributed by atoms with Gasteiger partial charge in [-0.1, -0.05) is 11.6 Å². The number of nitrogens with two attached hydrogens (primary N) is 1. The van der Waals surface area contributed by atoms with E-state index in [-0.39, 0.29) is 24.5 Å². The number of hydrogen-bond donors (Lipinski definition) is 2. The van der Waals surface area contributed by atoms with Crippen molar-refractivity contribution < 1.29 is 18.9 Å². The molecule has 3 N–H and O–H groups in total. The van der Waals surface area contributed by atoms with E-state index < -0.39 is 14.3 Å². The van der Waals surface area contributed by atoms with Crippen molar-refractivity contribution in [1.82, 2.24) is 24.6 Å². The highest BCUT2D eigenvalue weighted by molar-refractivity contribution is 7.50. The van der Waals surface area contributed by atoms with Crippen LogP contribution in [0.15, 0.2) is 17.8 Å². The monoisotopic (exact) mass is 479 g/mol. The number of fused-ring (bicyclic) bond motifs is 1. The maximum Gasteiger partial charge on any atom is 0.323 e. The molecule has 182 valence electrons. The zero-order valence-corrected chi connectivity index (χ0v) is 20.6. The minimum atomic E-state index is -1.35. The summed E-state index contributed by atoms with van der Waals surface area (Å²) in [6.07, 6.45) is 8.38. The molecule has 0 radical (unpaired) electrons. The van der Waals surface area contributed by atoms with Crippen molar-refractivity contribution in [3.63, 3.8) is 0 Å². The lowest BCUT2D eigenvalue weighted by atomic mass is 9.99. The molecule has 11 nitrogen and oxygen atoms in total. The van der Waals surface area contributed by atoms with Crippen LogP contribution in [0.4, 0.5) is 5.82 Å². The highest BCUT2D eigenvalue weighted by Crippen LogP contribution is 2.35. The van der Waals surface area contributed by atoms with Crippen LogP contribution in [0.2, 0.25) is 0 Å². The van der Waals surface area contributed by atoms with E-state index in [1.54, 1.807) is 13.3 Å². The van der Waals surface area contributed by atoms with E-state index in [1.807, 2.05) is 25.3 Å². The average Bonchev–Trinajstić information content (AvgIpc) is 3.19. The molecule has 2 aromatic heterocycles. The van der Waals surface area contributed by atoms with Gasteiger partial charge in [0, 0.05) is 0 Å². The number of carbonyl (C=O) groups excluding carboxylic acids is 1. The minimum absolute atomic E-state index is 0.172. The molecular weight excluding hydrogens is 445 g/mol. The maximum atomic E-state index is 12.3. The third kappa shape index (κ3) is 7.58. The number of anilines is 1. The molecule has 1 unspecified atom stereocenters. The molecule has 1 aliphatic carbocycles. The molecule has 1 saturated carbocycles. The Hall–Kier alpha value is -2.36. The van der Waals surface area contributed by atoms with Crippen LogP contribution in [0.3, 0.4) is 0 Å². The number of ether oxygens (including phenoxy) is 2. The first kappa shape index (κ1) is 25.3. The number of rotatable bonds is 11. The second-order valence-corrected chi connectivity index (χ2v) is 9.89. The van der Waals surface area contributed by atoms with Gasteiger partial charge in [0.15, 0.2) is 11.5 Å². The number of carbonyl (C=O) groups is 1. The van der Waals surface area contributed by atoms with E-state index in [9.17, 15) is 4.79 Å². The van der Waals surface area contributed by atoms with Gasteiger partial charge >= 0.3 is 5.97 Å². The summed E-state index contributed by atoms with van der Waals surface area (Å²) in [5, 5.41) is 7.56. The largest absolute Gasteiger partial charge is 0.462 e. The first-order valence-electron chi connectivity index (χ1n) is 11.3. The first-order valence-corrected chi connectivity index (χ1v) is 12.8. The standard InChI is InChI=1S/C21H34N7O4P/c1-14(2)31-21(29)16(4)27-33(32-26-17-8-6-5-7-9-17)13-30-15(3)10-28-12-25-18-19(22)23-11-24-20(18)28/h11-12,14-16,27H,5-10,13H2,1-4H3,(H2,22,23,24)/t15-,16+,33?/m1/s1. The summed E-state index contributed by atoms with van der Waals surface area (Å²) in [5.41, 5.74) is 8.15. The van der Waals surface area contributed by atoms with Gasteiger partial charge in [0.1, 0.15) is 24.2 Å². The molecule has 0 saturated heterocycles. The highest BCUT2D eigenvalue weighted by atomic mass is 31.2. The Balaban J connectivity index is 1.60. The Morgan fingerprint density at radius 3 is 2.70 bits per heavy atom. The van der Waals surface area contributed by atoms with Gasteiger partial charge in [-0.15, -0.1) is 0 Å². The summed E-state index contributed by atoms with van der Waals surface area (Å²) in [6.45, 7) is 7.87. The predicted octanol–water partition coefficient (Wildman–Crippen LogP) is 3.35. The van der Waals surface area contributed by atoms with Crippen molar-refractivity contribution in [1.29, 1.82) is 0 Å². The minimum Gasteiger partial charge on any atom is -0.462 e. The summed E-state index contributed by atoms with van der Waals surface area (Å²) < 4.78 is 19.1. The van der Waals surface area contributed by atoms with E-state index in [2.05, 4.69) is 25.2 Å². The van der Waals surface area contributed by atoms with E-state index in [1.165, 1.54) is 12.7 Å². The Morgan fingerprint density at radius 2 is 1.97 bits per heavy atom. The number of oxime groups is 1. The first-order chi connectivity index (χ1) is 15.8. The van der Waals surface area contributed by atoms with Crippen molar-refractivity contribution >= 4 is 37.0 Å². The van der Waals surface area contributed by atoms with E-state index in [0.717, 1.165) is 31.4 Å². The average molecular weight is 480 g/mol. The Kier molecular flexibility index (Phi) is 9.34. The summed E-state index contributed by atoms with van der Waals surface area (Å²) in [4.78, 5) is 24.8. The third-order valence-electron chi connectivity index (χ3n) is 5.10. The van der Waals surface area contributed by atoms with Gasteiger partial charge in [-0.2, -0.15) is 0 Å². The molecule has 3 atom stereocenters. The molecule has 0 amide bonds. The normalized spacial score (nSPS) is 17.1. The van der Waals surface area contributed by atoms with Crippen LogP contribution >= 0.6 is 8.30 Å². The zero-order chi connectivity index (χ0) is 23.8. The number of nitrogens with zero attached hydrogens (tertiary/aromatic N) is 5. The fraction of sp³-hybridized carbons (Fsp3) is 0.667. The van der Waals surface area contributed by atoms with Crippen LogP contribution in [0, 0.1) is 0 Å². The number of esters is 1. The topological polar surface area (TPSA) is 139 Å². The lowest BCUT2D eigenvalue weighted by Gasteiger charge is -2.23. The smallest absolute Gasteiger partial charge is 0.323 e. The second kappa shape index (κ2) is 12.2. The van der Waals surface area contributed by atoms with Crippen molar-refractivity contribution in [3.8, 4) is 0 Å². The molecule has 0 spiro atoms. The van der Waals surface area contributed by atoms with Gasteiger partial charge in [0.05, 0.1) is 30.8 Å². The van der Waals surface area contributed by atoms with Gasteiger partial charge in [-0.25, -0.2) is 20.0 Å². The Morgan fingerprint density at radius 1 is 1.21 bits per heavy atom. The van der Waals surface area contributed by atoms with Crippen LogP contribution in [0.25, 0.3) is 11.2 Å². The molecule has 0 bridgehead atoms. The number of hydrogen-bond acceptors (Lipinski definition) is 10. The molecule has 33 heavy (non-hydrogen) atoms. The molecule has 2 heterocycles. The van der Waals surface area contributed by atoms with Crippen molar-refractivity contribution in [3.05, 3.63) is 12.7 Å². The molecule has 3 rings (SSSR count). The predicted molar refractivity (Wildman–Crippen MR) is 128 cm³/mol. The second-order valence-electron chi connectivity index (χ2n) is 8.45. The van der Waals surface area contributed by atoms with Crippen molar-refractivity contribution in [2.45, 2.75) is 84.6 Å². The quantitative estimate of drug-likeness (QED) is 0.282. The van der Waals surface area contributed by atoms with Gasteiger partial charge in [-0.3, -0.25) is 4.79 Å². The third-order valence-corrected chi connectivity index (χ3v) is 6.44. The van der Waals surface area contributed by atoms with Gasteiger partial charge in [-0.05, 0) is 53.4 Å². The molecule has 0 aliphatic heterocycles. The highest BCUT2D eigenvalue weighted by Gasteiger charge is 2.23. The van der Waals surface area contributed by atoms with E-state index in [0.29, 0.717) is 23.5 Å². The van der Waals surface area contributed by atoms with Crippen LogP contribution in [-0.4, -0.2) is 55.8 Å². The molecular formula is C21H34N7O4P. The molecule has 2 aromatic rings. The van der Waals surface area contributed by atoms with Crippen molar-refractivity contribution in [2.24, 2.45) is 5.16 Å². The Bertz CT molecular complexity index is 944. The van der Waals surface area contributed by atoms with Gasteiger partial charge in [0.25, 0.3) is 0 Å². The fourth-order valence-corrected chi connectivity index (χ4v) is 4.71. The van der Waals surface area contributed by atoms with Crippen LogP contribution in [-0.2, 0) is 25.4 Å². The van der Waals surface area contributed by atoms with Gasteiger partial charge in [0.2, 0.25) is 8.30 Å². The van der Waals surface area contributed by atoms with Gasteiger partial charge < -0.3 is 24.4 Å². The zero-order valence-electron chi connectivity index (χ0n) is 19.7. The van der Waals surface area contributed by atoms with Crippen LogP contribution in [0.1, 0.15) is 59.8 Å². The summed E-state index contributed by atoms with van der Waals surface area (Å²) in [6, 6.07) is -0.541. The fourth-order valence-electron chi connectivity index (χ4n) is 3.40. The van der Waals surface area contributed by atoms with Crippen molar-refractivity contribution in [2.75, 3.05) is 12.1 Å². The SMILES string of the molecule is CC(C)OC(=O)[C@H](C)NP(CO[C@H](C)Cn1cnc2c(N)ncnc21)ON=C1CCCCC1. The van der Waals surface area contributed by atoms with Crippen LogP contribution < -0.4 is 10.8 Å². The summed E-state index contributed by atoms with van der Waals surface area (Å²) in [5.74, 6) is 0.0131. The van der Waals surface area contributed by atoms with Crippen LogP contribution in [0.5, 0.6) is 0 Å². The molecule has 1 aliphatic rings. The van der Waals surface area contributed by atoms with E-state index >= 15 is 0 Å².